The van der Waals surface area contributed by atoms with Gasteiger partial charge in [-0.25, -0.2) is 0 Å². The van der Waals surface area contributed by atoms with Gasteiger partial charge in [0.25, 0.3) is 0 Å². The summed E-state index contributed by atoms with van der Waals surface area (Å²) >= 11 is 0. The van der Waals surface area contributed by atoms with Crippen molar-refractivity contribution in [3.63, 3.8) is 0 Å². The van der Waals surface area contributed by atoms with Crippen LogP contribution in [0.5, 0.6) is 0 Å². The highest BCUT2D eigenvalue weighted by Crippen LogP contribution is 2.14. The summed E-state index contributed by atoms with van der Waals surface area (Å²) in [4.78, 5) is 16.6. The van der Waals surface area contributed by atoms with Gasteiger partial charge in [0.05, 0.1) is 12.1 Å². The Morgan fingerprint density at radius 3 is 2.70 bits per heavy atom. The molecule has 0 saturated heterocycles. The average molecular weight is 271 g/mol. The first-order valence-electron chi connectivity index (χ1n) is 7.21. The molecule has 0 atom stereocenters. The van der Waals surface area contributed by atoms with Crippen LogP contribution in [0.1, 0.15) is 48.1 Å². The van der Waals surface area contributed by atoms with Crippen molar-refractivity contribution in [2.45, 2.75) is 46.6 Å². The molecule has 2 rings (SSSR count). The van der Waals surface area contributed by atoms with E-state index >= 15 is 0 Å². The molecule has 106 valence electrons. The molecule has 0 spiro atoms. The molecular weight excluding hydrogens is 250 g/mol. The van der Waals surface area contributed by atoms with E-state index in [1.54, 1.807) is 12.4 Å². The van der Waals surface area contributed by atoms with Crippen molar-refractivity contribution in [2.75, 3.05) is 0 Å². The van der Waals surface area contributed by atoms with Gasteiger partial charge < -0.3 is 0 Å². The second kappa shape index (κ2) is 6.46. The Balaban J connectivity index is 2.25. The van der Waals surface area contributed by atoms with E-state index in [1.807, 2.05) is 30.7 Å². The first-order valence-corrected chi connectivity index (χ1v) is 7.21. The normalized spacial score (nSPS) is 10.8. The number of aryl methyl sites for hydroxylation is 3. The number of pyridine rings is 1. The zero-order chi connectivity index (χ0) is 14.5. The van der Waals surface area contributed by atoms with Crippen molar-refractivity contribution in [1.29, 1.82) is 0 Å². The SMILES string of the molecule is CCc1cc(CC(=O)c2ccncc2CC)n(CC)n1. The minimum Gasteiger partial charge on any atom is -0.294 e. The Morgan fingerprint density at radius 2 is 2.05 bits per heavy atom. The molecule has 0 unspecified atom stereocenters. The molecule has 0 aliphatic heterocycles. The van der Waals surface area contributed by atoms with E-state index in [9.17, 15) is 4.79 Å². The number of ketones is 1. The third kappa shape index (κ3) is 2.95. The Labute approximate surface area is 119 Å². The van der Waals surface area contributed by atoms with Crippen LogP contribution in [0.3, 0.4) is 0 Å². The highest BCUT2D eigenvalue weighted by Gasteiger charge is 2.14. The van der Waals surface area contributed by atoms with Gasteiger partial charge in [0.15, 0.2) is 5.78 Å². The van der Waals surface area contributed by atoms with Crippen LogP contribution in [0, 0.1) is 0 Å². The van der Waals surface area contributed by atoms with Gasteiger partial charge in [-0.2, -0.15) is 5.10 Å². The topological polar surface area (TPSA) is 47.8 Å². The minimum atomic E-state index is 0.140. The van der Waals surface area contributed by atoms with Gasteiger partial charge in [-0.15, -0.1) is 0 Å². The fourth-order valence-electron chi connectivity index (χ4n) is 2.34. The molecule has 0 bridgehead atoms. The van der Waals surface area contributed by atoms with E-state index in [4.69, 9.17) is 0 Å². The molecule has 4 heteroatoms. The van der Waals surface area contributed by atoms with Crippen LogP contribution in [0.25, 0.3) is 0 Å². The molecule has 20 heavy (non-hydrogen) atoms. The van der Waals surface area contributed by atoms with Gasteiger partial charge in [0, 0.05) is 30.2 Å². The minimum absolute atomic E-state index is 0.140. The van der Waals surface area contributed by atoms with Crippen LogP contribution in [0.2, 0.25) is 0 Å². The number of aromatic nitrogens is 3. The van der Waals surface area contributed by atoms with E-state index < -0.39 is 0 Å². The number of hydrogen-bond acceptors (Lipinski definition) is 3. The predicted octanol–water partition coefficient (Wildman–Crippen LogP) is 2.85. The number of hydrogen-bond donors (Lipinski definition) is 0. The van der Waals surface area contributed by atoms with Gasteiger partial charge in [-0.3, -0.25) is 14.5 Å². The monoisotopic (exact) mass is 271 g/mol. The van der Waals surface area contributed by atoms with Gasteiger partial charge in [-0.1, -0.05) is 13.8 Å². The summed E-state index contributed by atoms with van der Waals surface area (Å²) in [5.74, 6) is 0.140. The summed E-state index contributed by atoms with van der Waals surface area (Å²) in [7, 11) is 0. The molecule has 4 nitrogen and oxygen atoms in total. The summed E-state index contributed by atoms with van der Waals surface area (Å²) in [6, 6.07) is 3.85. The van der Waals surface area contributed by atoms with Gasteiger partial charge in [0.2, 0.25) is 0 Å². The lowest BCUT2D eigenvalue weighted by Gasteiger charge is -2.07. The van der Waals surface area contributed by atoms with Crippen LogP contribution in [0.15, 0.2) is 24.5 Å². The Morgan fingerprint density at radius 1 is 1.25 bits per heavy atom. The lowest BCUT2D eigenvalue weighted by Crippen LogP contribution is -2.11. The van der Waals surface area contributed by atoms with Crippen molar-refractivity contribution < 1.29 is 4.79 Å². The Bertz CT molecular complexity index is 602. The number of carbonyl (C=O) groups is 1. The van der Waals surface area contributed by atoms with Crippen molar-refractivity contribution in [2.24, 2.45) is 0 Å². The summed E-state index contributed by atoms with van der Waals surface area (Å²) < 4.78 is 1.92. The van der Waals surface area contributed by atoms with Crippen LogP contribution < -0.4 is 0 Å². The van der Waals surface area contributed by atoms with Gasteiger partial charge in [0.1, 0.15) is 0 Å². The van der Waals surface area contributed by atoms with Crippen LogP contribution >= 0.6 is 0 Å². The lowest BCUT2D eigenvalue weighted by molar-refractivity contribution is 0.0989. The molecule has 0 fully saturated rings. The van der Waals surface area contributed by atoms with Gasteiger partial charge in [-0.05, 0) is 37.5 Å². The van der Waals surface area contributed by atoms with Crippen molar-refractivity contribution in [3.8, 4) is 0 Å². The van der Waals surface area contributed by atoms with Crippen molar-refractivity contribution in [1.82, 2.24) is 14.8 Å². The molecular formula is C16H21N3O. The fourth-order valence-corrected chi connectivity index (χ4v) is 2.34. The second-order valence-corrected chi connectivity index (χ2v) is 4.78. The van der Waals surface area contributed by atoms with Crippen molar-refractivity contribution >= 4 is 5.78 Å². The summed E-state index contributed by atoms with van der Waals surface area (Å²) in [6.45, 7) is 6.95. The van der Waals surface area contributed by atoms with E-state index in [0.717, 1.165) is 41.9 Å². The Hall–Kier alpha value is -1.97. The maximum absolute atomic E-state index is 12.5. The van der Waals surface area contributed by atoms with E-state index in [1.165, 1.54) is 0 Å². The van der Waals surface area contributed by atoms with Crippen LogP contribution in [0.4, 0.5) is 0 Å². The lowest BCUT2D eigenvalue weighted by atomic mass is 10.0. The summed E-state index contributed by atoms with van der Waals surface area (Å²) in [6.07, 6.45) is 5.58. The number of carbonyl (C=O) groups excluding carboxylic acids is 1. The molecule has 2 aromatic rings. The summed E-state index contributed by atoms with van der Waals surface area (Å²) in [5, 5.41) is 4.49. The van der Waals surface area contributed by atoms with Crippen LogP contribution in [-0.4, -0.2) is 20.5 Å². The third-order valence-corrected chi connectivity index (χ3v) is 3.50. The Kier molecular flexibility index (Phi) is 4.66. The predicted molar refractivity (Wildman–Crippen MR) is 78.9 cm³/mol. The van der Waals surface area contributed by atoms with E-state index in [2.05, 4.69) is 17.0 Å². The third-order valence-electron chi connectivity index (χ3n) is 3.50. The van der Waals surface area contributed by atoms with Crippen molar-refractivity contribution in [3.05, 3.63) is 47.0 Å². The quantitative estimate of drug-likeness (QED) is 0.759. The van der Waals surface area contributed by atoms with E-state index in [0.29, 0.717) is 6.42 Å². The van der Waals surface area contributed by atoms with Gasteiger partial charge >= 0.3 is 0 Å². The standard InChI is InChI=1S/C16H21N3O/c1-4-12-11-17-8-7-15(12)16(20)10-14-9-13(5-2)18-19(14)6-3/h7-9,11H,4-6,10H2,1-3H3. The highest BCUT2D eigenvalue weighted by molar-refractivity contribution is 5.98. The highest BCUT2D eigenvalue weighted by atomic mass is 16.1. The zero-order valence-electron chi connectivity index (χ0n) is 12.4. The largest absolute Gasteiger partial charge is 0.294 e. The smallest absolute Gasteiger partial charge is 0.169 e. The second-order valence-electron chi connectivity index (χ2n) is 4.78. The molecule has 2 heterocycles. The molecule has 0 radical (unpaired) electrons. The molecule has 0 saturated carbocycles. The molecule has 0 aromatic carbocycles. The number of rotatable bonds is 6. The molecule has 0 amide bonds. The number of nitrogens with zero attached hydrogens (tertiary/aromatic N) is 3. The molecule has 0 aliphatic carbocycles. The molecule has 0 aliphatic rings. The molecule has 0 N–H and O–H groups in total. The van der Waals surface area contributed by atoms with Crippen LogP contribution in [-0.2, 0) is 25.8 Å². The van der Waals surface area contributed by atoms with E-state index in [-0.39, 0.29) is 5.78 Å². The maximum Gasteiger partial charge on any atom is 0.169 e. The number of Topliss-reactive ketones (excluding diaryl/α,β-unsaturated/α-hetero) is 1. The molecule has 2 aromatic heterocycles. The summed E-state index contributed by atoms with van der Waals surface area (Å²) in [5.41, 5.74) is 3.83. The zero-order valence-corrected chi connectivity index (χ0v) is 12.4. The fraction of sp³-hybridized carbons (Fsp3) is 0.438. The first-order chi connectivity index (χ1) is 9.69. The maximum atomic E-state index is 12.5. The first kappa shape index (κ1) is 14.4. The average Bonchev–Trinajstić information content (AvgIpc) is 2.89.